The molecule has 1 N–H and O–H groups in total. The maximum absolute atomic E-state index is 13.6. The molecule has 110 valence electrons. The molecule has 1 aliphatic heterocycles. The van der Waals surface area contributed by atoms with E-state index in [1.54, 1.807) is 22.6 Å². The second kappa shape index (κ2) is 4.87. The Hall–Kier alpha value is -2.37. The molecule has 0 atom stereocenters. The van der Waals surface area contributed by atoms with Crippen molar-refractivity contribution in [2.75, 3.05) is 18.5 Å². The van der Waals surface area contributed by atoms with Gasteiger partial charge in [-0.2, -0.15) is 0 Å². The molecular formula is C15H16FN3O2. The average molecular weight is 289 g/mol. The number of aryl methyl sites for hydroxylation is 1. The van der Waals surface area contributed by atoms with Gasteiger partial charge in [0.25, 0.3) is 5.91 Å². The summed E-state index contributed by atoms with van der Waals surface area (Å²) < 4.78 is 15.3. The number of aromatic nitrogens is 1. The number of fused-ring (bicyclic) bond motifs is 1. The number of nitrogens with zero attached hydrogens (tertiary/aromatic N) is 2. The van der Waals surface area contributed by atoms with Crippen molar-refractivity contribution in [3.63, 3.8) is 0 Å². The van der Waals surface area contributed by atoms with E-state index in [-0.39, 0.29) is 17.6 Å². The zero-order valence-electron chi connectivity index (χ0n) is 11.9. The minimum atomic E-state index is -0.385. The van der Waals surface area contributed by atoms with Gasteiger partial charge in [-0.1, -0.05) is 0 Å². The minimum absolute atomic E-state index is 0.0306. The lowest BCUT2D eigenvalue weighted by Crippen LogP contribution is -2.29. The lowest BCUT2D eigenvalue weighted by Gasteiger charge is -2.17. The van der Waals surface area contributed by atoms with E-state index in [1.165, 1.54) is 19.2 Å². The molecule has 5 nitrogen and oxygen atoms in total. The molecule has 1 fully saturated rings. The van der Waals surface area contributed by atoms with Crippen molar-refractivity contribution >= 4 is 28.4 Å². The van der Waals surface area contributed by atoms with Gasteiger partial charge in [-0.15, -0.1) is 0 Å². The van der Waals surface area contributed by atoms with Gasteiger partial charge in [0.15, 0.2) is 0 Å². The molecule has 1 aromatic heterocycles. The molecule has 0 bridgehead atoms. The molecular weight excluding hydrogens is 273 g/mol. The van der Waals surface area contributed by atoms with Crippen LogP contribution in [0.2, 0.25) is 0 Å². The van der Waals surface area contributed by atoms with Crippen LogP contribution in [0.5, 0.6) is 0 Å². The summed E-state index contributed by atoms with van der Waals surface area (Å²) in [5.74, 6) is -0.704. The quantitative estimate of drug-likeness (QED) is 0.916. The number of carbonyl (C=O) groups excluding carboxylic acids is 2. The fraction of sp³-hybridized carbons (Fsp3) is 0.333. The van der Waals surface area contributed by atoms with Gasteiger partial charge < -0.3 is 14.8 Å². The highest BCUT2D eigenvalue weighted by molar-refractivity contribution is 6.14. The summed E-state index contributed by atoms with van der Waals surface area (Å²) in [6.07, 6.45) is 1.20. The highest BCUT2D eigenvalue weighted by Gasteiger charge is 2.30. The molecule has 3 rings (SSSR count). The van der Waals surface area contributed by atoms with Crippen LogP contribution < -0.4 is 10.2 Å². The predicted molar refractivity (Wildman–Crippen MR) is 77.9 cm³/mol. The van der Waals surface area contributed by atoms with E-state index in [1.807, 2.05) is 0 Å². The molecule has 2 aromatic rings. The standard InChI is InChI=1S/C15H16FN3O2/c1-17-15(21)14-13(19-7-3-4-12(19)20)10-8-9(16)5-6-11(10)18(14)2/h5-6,8H,3-4,7H2,1-2H3,(H,17,21). The maximum atomic E-state index is 13.6. The number of carbonyl (C=O) groups is 2. The van der Waals surface area contributed by atoms with Gasteiger partial charge in [-0.05, 0) is 24.6 Å². The number of nitrogens with one attached hydrogen (secondary N) is 1. The van der Waals surface area contributed by atoms with E-state index in [0.717, 1.165) is 11.9 Å². The van der Waals surface area contributed by atoms with Gasteiger partial charge in [0.1, 0.15) is 11.5 Å². The van der Waals surface area contributed by atoms with E-state index in [2.05, 4.69) is 5.32 Å². The first-order chi connectivity index (χ1) is 10.0. The van der Waals surface area contributed by atoms with Gasteiger partial charge >= 0.3 is 0 Å². The largest absolute Gasteiger partial charge is 0.354 e. The third kappa shape index (κ3) is 1.98. The number of amides is 2. The second-order valence-electron chi connectivity index (χ2n) is 5.15. The zero-order chi connectivity index (χ0) is 15.1. The molecule has 1 aromatic carbocycles. The monoisotopic (exact) mass is 289 g/mol. The van der Waals surface area contributed by atoms with Crippen LogP contribution in [0, 0.1) is 5.82 Å². The number of hydrogen-bond acceptors (Lipinski definition) is 2. The number of benzene rings is 1. The first-order valence-electron chi connectivity index (χ1n) is 6.85. The van der Waals surface area contributed by atoms with Crippen molar-refractivity contribution < 1.29 is 14.0 Å². The number of hydrogen-bond donors (Lipinski definition) is 1. The Kier molecular flexibility index (Phi) is 3.16. The van der Waals surface area contributed by atoms with Gasteiger partial charge in [0.05, 0.1) is 11.2 Å². The molecule has 0 spiro atoms. The summed E-state index contributed by atoms with van der Waals surface area (Å²) in [6.45, 7) is 0.554. The highest BCUT2D eigenvalue weighted by atomic mass is 19.1. The van der Waals surface area contributed by atoms with Crippen molar-refractivity contribution in [1.29, 1.82) is 0 Å². The molecule has 0 saturated carbocycles. The summed E-state index contributed by atoms with van der Waals surface area (Å²) in [5, 5.41) is 3.17. The Morgan fingerprint density at radius 2 is 2.14 bits per heavy atom. The third-order valence-corrected chi connectivity index (χ3v) is 3.92. The fourth-order valence-corrected chi connectivity index (χ4v) is 2.93. The average Bonchev–Trinajstić information content (AvgIpc) is 2.99. The number of anilines is 1. The van der Waals surface area contributed by atoms with E-state index in [4.69, 9.17) is 0 Å². The van der Waals surface area contributed by atoms with E-state index < -0.39 is 0 Å². The molecule has 2 heterocycles. The molecule has 1 aliphatic rings. The lowest BCUT2D eigenvalue weighted by molar-refractivity contribution is -0.117. The predicted octanol–water partition coefficient (Wildman–Crippen LogP) is 1.80. The number of halogens is 1. The van der Waals surface area contributed by atoms with E-state index in [0.29, 0.717) is 29.7 Å². The first-order valence-corrected chi connectivity index (χ1v) is 6.85. The SMILES string of the molecule is CNC(=O)c1c(N2CCCC2=O)c2cc(F)ccc2n1C. The van der Waals surface area contributed by atoms with Crippen LogP contribution in [0.3, 0.4) is 0 Å². The summed E-state index contributed by atoms with van der Waals surface area (Å²) in [6, 6.07) is 4.36. The molecule has 0 aliphatic carbocycles. The summed E-state index contributed by atoms with van der Waals surface area (Å²) >= 11 is 0. The Morgan fingerprint density at radius 3 is 2.76 bits per heavy atom. The van der Waals surface area contributed by atoms with Crippen LogP contribution in [0.4, 0.5) is 10.1 Å². The highest BCUT2D eigenvalue weighted by Crippen LogP contribution is 2.36. The van der Waals surface area contributed by atoms with Crippen LogP contribution >= 0.6 is 0 Å². The molecule has 6 heteroatoms. The second-order valence-corrected chi connectivity index (χ2v) is 5.15. The third-order valence-electron chi connectivity index (χ3n) is 3.92. The number of rotatable bonds is 2. The molecule has 1 saturated heterocycles. The lowest BCUT2D eigenvalue weighted by atomic mass is 10.2. The van der Waals surface area contributed by atoms with Crippen LogP contribution in [0.25, 0.3) is 10.9 Å². The normalized spacial score (nSPS) is 15.0. The molecule has 2 amide bonds. The van der Waals surface area contributed by atoms with Crippen molar-refractivity contribution in [3.05, 3.63) is 29.7 Å². The Morgan fingerprint density at radius 1 is 1.38 bits per heavy atom. The van der Waals surface area contributed by atoms with Crippen LogP contribution in [0.1, 0.15) is 23.3 Å². The molecule has 0 radical (unpaired) electrons. The Bertz CT molecular complexity index is 751. The van der Waals surface area contributed by atoms with Crippen molar-refractivity contribution in [2.24, 2.45) is 7.05 Å². The smallest absolute Gasteiger partial charge is 0.269 e. The van der Waals surface area contributed by atoms with Gasteiger partial charge in [0, 0.05) is 32.4 Å². The van der Waals surface area contributed by atoms with Crippen molar-refractivity contribution in [3.8, 4) is 0 Å². The fourth-order valence-electron chi connectivity index (χ4n) is 2.93. The molecule has 0 unspecified atom stereocenters. The Balaban J connectivity index is 2.35. The van der Waals surface area contributed by atoms with E-state index >= 15 is 0 Å². The summed E-state index contributed by atoms with van der Waals surface area (Å²) in [4.78, 5) is 25.9. The molecule has 21 heavy (non-hydrogen) atoms. The first kappa shape index (κ1) is 13.6. The van der Waals surface area contributed by atoms with Gasteiger partial charge in [-0.25, -0.2) is 4.39 Å². The van der Waals surface area contributed by atoms with Crippen LogP contribution in [-0.4, -0.2) is 30.0 Å². The zero-order valence-corrected chi connectivity index (χ0v) is 11.9. The maximum Gasteiger partial charge on any atom is 0.269 e. The summed E-state index contributed by atoms with van der Waals surface area (Å²) in [7, 11) is 3.28. The van der Waals surface area contributed by atoms with E-state index in [9.17, 15) is 14.0 Å². The summed E-state index contributed by atoms with van der Waals surface area (Å²) in [5.41, 5.74) is 1.62. The van der Waals surface area contributed by atoms with Crippen molar-refractivity contribution in [2.45, 2.75) is 12.8 Å². The van der Waals surface area contributed by atoms with Crippen molar-refractivity contribution in [1.82, 2.24) is 9.88 Å². The van der Waals surface area contributed by atoms with Gasteiger partial charge in [0.2, 0.25) is 5.91 Å². The van der Waals surface area contributed by atoms with Crippen LogP contribution in [0.15, 0.2) is 18.2 Å². The topological polar surface area (TPSA) is 54.3 Å². The Labute approximate surface area is 121 Å². The minimum Gasteiger partial charge on any atom is -0.354 e. The van der Waals surface area contributed by atoms with Gasteiger partial charge in [-0.3, -0.25) is 9.59 Å². The van der Waals surface area contributed by atoms with Crippen LogP contribution in [-0.2, 0) is 11.8 Å².